The molecule has 0 aromatic rings. The van der Waals surface area contributed by atoms with Gasteiger partial charge in [0.1, 0.15) is 0 Å². The van der Waals surface area contributed by atoms with Gasteiger partial charge in [0, 0.05) is 18.8 Å². The maximum atomic E-state index is 10.5. The highest BCUT2D eigenvalue weighted by atomic mass is 16.3. The lowest BCUT2D eigenvalue weighted by atomic mass is 9.61. The fourth-order valence-electron chi connectivity index (χ4n) is 6.54. The summed E-state index contributed by atoms with van der Waals surface area (Å²) in [6.07, 6.45) is 12.3. The van der Waals surface area contributed by atoms with Crippen molar-refractivity contribution in [1.29, 1.82) is 0 Å². The van der Waals surface area contributed by atoms with Gasteiger partial charge in [0.25, 0.3) is 0 Å². The number of hydrogen-bond donors (Lipinski definition) is 3. The van der Waals surface area contributed by atoms with E-state index in [9.17, 15) is 15.3 Å². The van der Waals surface area contributed by atoms with Gasteiger partial charge in [-0.3, -0.25) is 0 Å². The molecule has 0 saturated heterocycles. The van der Waals surface area contributed by atoms with Crippen LogP contribution in [0.25, 0.3) is 0 Å². The molecule has 0 aromatic carbocycles. The zero-order valence-corrected chi connectivity index (χ0v) is 20.7. The van der Waals surface area contributed by atoms with Crippen LogP contribution in [-0.4, -0.2) is 33.1 Å². The van der Waals surface area contributed by atoms with Crippen molar-refractivity contribution < 1.29 is 15.3 Å². The lowest BCUT2D eigenvalue weighted by Gasteiger charge is -2.43. The molecular weight excluding hydrogens is 396 g/mol. The smallest absolute Gasteiger partial charge is 0.0811 e. The first-order valence-electron chi connectivity index (χ1n) is 12.8. The molecule has 0 spiro atoms. The van der Waals surface area contributed by atoms with Crippen molar-refractivity contribution in [3.63, 3.8) is 0 Å². The fourth-order valence-corrected chi connectivity index (χ4v) is 6.54. The van der Waals surface area contributed by atoms with Crippen molar-refractivity contribution in [2.45, 2.75) is 110 Å². The van der Waals surface area contributed by atoms with Crippen molar-refractivity contribution in [3.8, 4) is 11.8 Å². The lowest BCUT2D eigenvalue weighted by molar-refractivity contribution is 0.0374. The Balaban J connectivity index is 1.74. The third-order valence-electron chi connectivity index (χ3n) is 8.97. The minimum Gasteiger partial charge on any atom is -0.393 e. The molecule has 3 N–H and O–H groups in total. The van der Waals surface area contributed by atoms with Crippen LogP contribution in [0.5, 0.6) is 0 Å². The molecule has 0 bridgehead atoms. The molecule has 3 heteroatoms. The highest BCUT2D eigenvalue weighted by Crippen LogP contribution is 2.59. The van der Waals surface area contributed by atoms with E-state index in [1.54, 1.807) is 0 Å². The summed E-state index contributed by atoms with van der Waals surface area (Å²) in [7, 11) is 0. The van der Waals surface area contributed by atoms with Crippen molar-refractivity contribution in [1.82, 2.24) is 0 Å². The third kappa shape index (κ3) is 5.24. The Bertz CT molecular complexity index is 806. The standard InChI is InChI=1S/C29H44O3/c1-6-29(32,7-2)17-8-10-20(3)25-14-15-26-22(11-9-16-28(25,26)5)12-13-23-18-24(30)19-27(31)21(23)4/h12-13,20,24-27,30-32H,4,6-7,9,11,14-19H2,1-3,5H3/b22-12+,23-13-/t20?,24-,25?,26+,27+,28-/m1/s1. The largest absolute Gasteiger partial charge is 0.393 e. The third-order valence-corrected chi connectivity index (χ3v) is 8.97. The first-order chi connectivity index (χ1) is 15.1. The summed E-state index contributed by atoms with van der Waals surface area (Å²) >= 11 is 0. The van der Waals surface area contributed by atoms with E-state index in [0.717, 1.165) is 30.4 Å². The Hall–Kier alpha value is -1.34. The molecule has 3 aliphatic rings. The molecule has 3 nitrogen and oxygen atoms in total. The molecule has 3 rings (SSSR count). The highest BCUT2D eigenvalue weighted by molar-refractivity contribution is 5.38. The SMILES string of the molecule is C=C1/C(=C\C=C2/CCC[C@]3(C)C(C(C)C#CCC(O)(CC)CC)CC[C@@H]23)C[C@@H](O)C[C@@H]1O. The molecule has 32 heavy (non-hydrogen) atoms. The molecule has 0 aromatic heterocycles. The topological polar surface area (TPSA) is 60.7 Å². The van der Waals surface area contributed by atoms with E-state index in [2.05, 4.69) is 44.4 Å². The van der Waals surface area contributed by atoms with Gasteiger partial charge in [-0.2, -0.15) is 0 Å². The fraction of sp³-hybridized carbons (Fsp3) is 0.724. The van der Waals surface area contributed by atoms with Crippen molar-refractivity contribution in [2.24, 2.45) is 23.2 Å². The van der Waals surface area contributed by atoms with Crippen LogP contribution in [0, 0.1) is 35.0 Å². The van der Waals surface area contributed by atoms with Gasteiger partial charge in [0.15, 0.2) is 0 Å². The van der Waals surface area contributed by atoms with Crippen molar-refractivity contribution in [3.05, 3.63) is 35.5 Å². The molecule has 0 heterocycles. The van der Waals surface area contributed by atoms with Gasteiger partial charge in [-0.15, -0.1) is 5.92 Å². The average Bonchev–Trinajstić information content (AvgIpc) is 3.12. The first kappa shape index (κ1) is 25.3. The second kappa shape index (κ2) is 10.3. The zero-order chi connectivity index (χ0) is 23.5. The second-order valence-corrected chi connectivity index (χ2v) is 10.9. The van der Waals surface area contributed by atoms with Crippen LogP contribution in [0.1, 0.15) is 91.9 Å². The van der Waals surface area contributed by atoms with E-state index in [1.807, 2.05) is 13.8 Å². The van der Waals surface area contributed by atoms with Crippen LogP contribution >= 0.6 is 0 Å². The summed E-state index contributed by atoms with van der Waals surface area (Å²) < 4.78 is 0. The van der Waals surface area contributed by atoms with E-state index in [1.165, 1.54) is 31.3 Å². The molecule has 178 valence electrons. The number of aliphatic hydroxyl groups excluding tert-OH is 2. The van der Waals surface area contributed by atoms with Gasteiger partial charge in [-0.1, -0.05) is 57.9 Å². The van der Waals surface area contributed by atoms with Gasteiger partial charge in [0.05, 0.1) is 17.8 Å². The van der Waals surface area contributed by atoms with Gasteiger partial charge < -0.3 is 15.3 Å². The number of allylic oxidation sites excluding steroid dienone is 3. The quantitative estimate of drug-likeness (QED) is 0.480. The van der Waals surface area contributed by atoms with Gasteiger partial charge in [-0.25, -0.2) is 0 Å². The number of hydrogen-bond acceptors (Lipinski definition) is 3. The maximum absolute atomic E-state index is 10.5. The summed E-state index contributed by atoms with van der Waals surface area (Å²) in [5.74, 6) is 8.34. The van der Waals surface area contributed by atoms with E-state index in [0.29, 0.717) is 37.0 Å². The number of aliphatic hydroxyl groups is 3. The second-order valence-electron chi connectivity index (χ2n) is 10.9. The number of rotatable bonds is 5. The Morgan fingerprint density at radius 3 is 2.62 bits per heavy atom. The minimum absolute atomic E-state index is 0.269. The van der Waals surface area contributed by atoms with Gasteiger partial charge in [0.2, 0.25) is 0 Å². The molecule has 6 atom stereocenters. The van der Waals surface area contributed by atoms with Crippen molar-refractivity contribution >= 4 is 0 Å². The molecule has 0 radical (unpaired) electrons. The molecular formula is C29H44O3. The lowest BCUT2D eigenvalue weighted by Crippen LogP contribution is -2.35. The number of fused-ring (bicyclic) bond motifs is 1. The molecule has 2 unspecified atom stereocenters. The van der Waals surface area contributed by atoms with Crippen LogP contribution in [0.2, 0.25) is 0 Å². The zero-order valence-electron chi connectivity index (χ0n) is 20.7. The van der Waals surface area contributed by atoms with Crippen LogP contribution in [0.4, 0.5) is 0 Å². The van der Waals surface area contributed by atoms with E-state index < -0.39 is 17.8 Å². The van der Waals surface area contributed by atoms with Crippen molar-refractivity contribution in [2.75, 3.05) is 0 Å². The van der Waals surface area contributed by atoms with Crippen LogP contribution < -0.4 is 0 Å². The summed E-state index contributed by atoms with van der Waals surface area (Å²) in [5.41, 5.74) is 2.89. The Morgan fingerprint density at radius 1 is 1.22 bits per heavy atom. The predicted molar refractivity (Wildman–Crippen MR) is 132 cm³/mol. The molecule has 3 fully saturated rings. The van der Waals surface area contributed by atoms with Gasteiger partial charge >= 0.3 is 0 Å². The Labute approximate surface area is 195 Å². The molecule has 3 aliphatic carbocycles. The summed E-state index contributed by atoms with van der Waals surface area (Å²) in [5, 5.41) is 30.7. The van der Waals surface area contributed by atoms with E-state index >= 15 is 0 Å². The van der Waals surface area contributed by atoms with Crippen LogP contribution in [0.3, 0.4) is 0 Å². The normalized spacial score (nSPS) is 36.7. The van der Waals surface area contributed by atoms with Crippen LogP contribution in [-0.2, 0) is 0 Å². The Morgan fingerprint density at radius 2 is 1.94 bits per heavy atom. The summed E-state index contributed by atoms with van der Waals surface area (Å²) in [4.78, 5) is 0. The minimum atomic E-state index is -0.645. The van der Waals surface area contributed by atoms with E-state index in [4.69, 9.17) is 0 Å². The maximum Gasteiger partial charge on any atom is 0.0811 e. The molecule has 0 aliphatic heterocycles. The summed E-state index contributed by atoms with van der Waals surface area (Å²) in [6, 6.07) is 0. The summed E-state index contributed by atoms with van der Waals surface area (Å²) in [6.45, 7) is 12.9. The molecule has 0 amide bonds. The highest BCUT2D eigenvalue weighted by Gasteiger charge is 2.50. The molecule has 3 saturated carbocycles. The van der Waals surface area contributed by atoms with Crippen LogP contribution in [0.15, 0.2) is 35.5 Å². The van der Waals surface area contributed by atoms with E-state index in [-0.39, 0.29) is 5.41 Å². The predicted octanol–water partition coefficient (Wildman–Crippen LogP) is 5.71. The Kier molecular flexibility index (Phi) is 8.13. The average molecular weight is 441 g/mol. The monoisotopic (exact) mass is 440 g/mol. The van der Waals surface area contributed by atoms with Gasteiger partial charge in [-0.05, 0) is 79.8 Å². The first-order valence-corrected chi connectivity index (χ1v) is 12.8.